The van der Waals surface area contributed by atoms with Crippen molar-refractivity contribution < 1.29 is 19.1 Å². The van der Waals surface area contributed by atoms with Crippen LogP contribution in [0.1, 0.15) is 0 Å². The van der Waals surface area contributed by atoms with E-state index >= 15 is 0 Å². The van der Waals surface area contributed by atoms with Crippen molar-refractivity contribution in [2.75, 3.05) is 23.4 Å². The van der Waals surface area contributed by atoms with E-state index in [-0.39, 0.29) is 0 Å². The maximum absolute atomic E-state index is 12.6. The summed E-state index contributed by atoms with van der Waals surface area (Å²) in [6.45, 7) is 0.896. The summed E-state index contributed by atoms with van der Waals surface area (Å²) >= 11 is 1.51. The molecule has 1 aromatic heterocycles. The standard InChI is InChI=1S/C19H15N3O4S/c23-12-22(15-4-5-16-17(11-15)26-8-7-25-16)19(24)21-14-3-1-2-13(10-14)18-20-6-9-27-18/h1-6,9-12H,7-8H2,(H,21,24). The molecule has 0 atom stereocenters. The second-order valence-electron chi connectivity index (χ2n) is 5.65. The van der Waals surface area contributed by atoms with Crippen LogP contribution in [0.25, 0.3) is 10.6 Å². The summed E-state index contributed by atoms with van der Waals surface area (Å²) in [5, 5.41) is 5.47. The third-order valence-corrected chi connectivity index (χ3v) is 4.74. The van der Waals surface area contributed by atoms with Gasteiger partial charge in [-0.15, -0.1) is 11.3 Å². The average Bonchev–Trinajstić information content (AvgIpc) is 3.23. The molecular weight excluding hydrogens is 366 g/mol. The maximum atomic E-state index is 12.6. The molecule has 2 heterocycles. The van der Waals surface area contributed by atoms with E-state index in [1.165, 1.54) is 11.3 Å². The number of urea groups is 1. The van der Waals surface area contributed by atoms with E-state index in [0.29, 0.717) is 42.5 Å². The Morgan fingerprint density at radius 3 is 2.78 bits per heavy atom. The fourth-order valence-corrected chi connectivity index (χ4v) is 3.32. The summed E-state index contributed by atoms with van der Waals surface area (Å²) in [5.41, 5.74) is 1.85. The van der Waals surface area contributed by atoms with E-state index in [0.717, 1.165) is 15.5 Å². The first-order chi connectivity index (χ1) is 13.2. The number of thiazole rings is 1. The number of ether oxygens (including phenoxy) is 2. The molecule has 2 aromatic carbocycles. The zero-order valence-corrected chi connectivity index (χ0v) is 14.9. The molecule has 0 bridgehead atoms. The van der Waals surface area contributed by atoms with Crippen molar-refractivity contribution >= 4 is 35.2 Å². The van der Waals surface area contributed by atoms with Gasteiger partial charge in [0, 0.05) is 28.9 Å². The highest BCUT2D eigenvalue weighted by Gasteiger charge is 2.19. The number of nitrogens with one attached hydrogen (secondary N) is 1. The summed E-state index contributed by atoms with van der Waals surface area (Å²) in [5.74, 6) is 1.09. The molecule has 0 spiro atoms. The molecule has 7 nitrogen and oxygen atoms in total. The molecule has 3 amide bonds. The van der Waals surface area contributed by atoms with Crippen LogP contribution in [-0.4, -0.2) is 30.6 Å². The molecule has 0 fully saturated rings. The van der Waals surface area contributed by atoms with Crippen molar-refractivity contribution in [3.05, 3.63) is 54.0 Å². The van der Waals surface area contributed by atoms with Gasteiger partial charge in [-0.25, -0.2) is 14.7 Å². The van der Waals surface area contributed by atoms with E-state index in [4.69, 9.17) is 9.47 Å². The fourth-order valence-electron chi connectivity index (χ4n) is 2.69. The first kappa shape index (κ1) is 17.0. The number of aromatic nitrogens is 1. The first-order valence-corrected chi connectivity index (χ1v) is 9.07. The number of rotatable bonds is 4. The minimum atomic E-state index is -0.571. The van der Waals surface area contributed by atoms with Gasteiger partial charge in [0.2, 0.25) is 6.41 Å². The lowest BCUT2D eigenvalue weighted by molar-refractivity contribution is -0.106. The highest BCUT2D eigenvalue weighted by Crippen LogP contribution is 2.34. The zero-order chi connectivity index (χ0) is 18.6. The molecule has 8 heteroatoms. The van der Waals surface area contributed by atoms with Gasteiger partial charge in [-0.2, -0.15) is 0 Å². The molecule has 27 heavy (non-hydrogen) atoms. The summed E-state index contributed by atoms with van der Waals surface area (Å²) in [4.78, 5) is 29.4. The number of carbonyl (C=O) groups is 2. The topological polar surface area (TPSA) is 80.8 Å². The van der Waals surface area contributed by atoms with Crippen LogP contribution in [0.3, 0.4) is 0 Å². The molecule has 0 aliphatic carbocycles. The molecule has 3 aromatic rings. The molecule has 4 rings (SSSR count). The van der Waals surface area contributed by atoms with Gasteiger partial charge in [-0.1, -0.05) is 12.1 Å². The van der Waals surface area contributed by atoms with Gasteiger partial charge < -0.3 is 14.8 Å². The van der Waals surface area contributed by atoms with Crippen molar-refractivity contribution in [1.29, 1.82) is 0 Å². The Morgan fingerprint density at radius 1 is 1.15 bits per heavy atom. The van der Waals surface area contributed by atoms with Crippen molar-refractivity contribution in [3.8, 4) is 22.1 Å². The Labute approximate surface area is 159 Å². The number of hydrogen-bond acceptors (Lipinski definition) is 6. The van der Waals surface area contributed by atoms with E-state index in [9.17, 15) is 9.59 Å². The normalized spacial score (nSPS) is 12.3. The van der Waals surface area contributed by atoms with Gasteiger partial charge in [0.05, 0.1) is 5.69 Å². The third kappa shape index (κ3) is 3.61. The highest BCUT2D eigenvalue weighted by atomic mass is 32.1. The van der Waals surface area contributed by atoms with Gasteiger partial charge in [-0.05, 0) is 24.3 Å². The van der Waals surface area contributed by atoms with Gasteiger partial charge >= 0.3 is 6.03 Å². The quantitative estimate of drug-likeness (QED) is 0.696. The zero-order valence-electron chi connectivity index (χ0n) is 14.1. The Hall–Kier alpha value is -3.39. The molecular formula is C19H15N3O4S. The number of imide groups is 1. The number of benzene rings is 2. The van der Waals surface area contributed by atoms with Gasteiger partial charge in [0.15, 0.2) is 11.5 Å². The van der Waals surface area contributed by atoms with Gasteiger partial charge in [0.25, 0.3) is 0 Å². The Balaban J connectivity index is 1.54. The van der Waals surface area contributed by atoms with Gasteiger partial charge in [-0.3, -0.25) is 4.79 Å². The number of fused-ring (bicyclic) bond motifs is 1. The Morgan fingerprint density at radius 2 is 2.00 bits per heavy atom. The average molecular weight is 381 g/mol. The fraction of sp³-hybridized carbons (Fsp3) is 0.105. The van der Waals surface area contributed by atoms with E-state index in [1.807, 2.05) is 23.6 Å². The highest BCUT2D eigenvalue weighted by molar-refractivity contribution is 7.13. The van der Waals surface area contributed by atoms with Gasteiger partial charge in [0.1, 0.15) is 18.2 Å². The van der Waals surface area contributed by atoms with Crippen LogP contribution < -0.4 is 19.7 Å². The van der Waals surface area contributed by atoms with Crippen molar-refractivity contribution in [3.63, 3.8) is 0 Å². The molecule has 0 radical (unpaired) electrons. The maximum Gasteiger partial charge on any atom is 0.332 e. The van der Waals surface area contributed by atoms with Crippen LogP contribution in [0.4, 0.5) is 16.2 Å². The van der Waals surface area contributed by atoms with Crippen molar-refractivity contribution in [1.82, 2.24) is 4.98 Å². The largest absolute Gasteiger partial charge is 0.486 e. The lowest BCUT2D eigenvalue weighted by atomic mass is 10.2. The number of carbonyl (C=O) groups excluding carboxylic acids is 2. The van der Waals surface area contributed by atoms with Crippen LogP contribution in [0.2, 0.25) is 0 Å². The molecule has 0 unspecified atom stereocenters. The lowest BCUT2D eigenvalue weighted by Crippen LogP contribution is -2.33. The number of hydrogen-bond donors (Lipinski definition) is 1. The first-order valence-electron chi connectivity index (χ1n) is 8.20. The summed E-state index contributed by atoms with van der Waals surface area (Å²) in [7, 11) is 0. The smallest absolute Gasteiger partial charge is 0.332 e. The predicted molar refractivity (Wildman–Crippen MR) is 103 cm³/mol. The lowest BCUT2D eigenvalue weighted by Gasteiger charge is -2.21. The number of anilines is 2. The molecule has 0 saturated heterocycles. The molecule has 1 aliphatic rings. The van der Waals surface area contributed by atoms with Crippen LogP contribution in [-0.2, 0) is 4.79 Å². The van der Waals surface area contributed by atoms with Crippen molar-refractivity contribution in [2.45, 2.75) is 0 Å². The molecule has 1 N–H and O–H groups in total. The Kier molecular flexibility index (Phi) is 4.71. The van der Waals surface area contributed by atoms with E-state index < -0.39 is 6.03 Å². The monoisotopic (exact) mass is 381 g/mol. The SMILES string of the molecule is O=CN(C(=O)Nc1cccc(-c2nccs2)c1)c1ccc2c(c1)OCCO2. The Bertz CT molecular complexity index is 975. The van der Waals surface area contributed by atoms with Crippen LogP contribution in [0.5, 0.6) is 11.5 Å². The molecule has 1 aliphatic heterocycles. The number of nitrogens with zero attached hydrogens (tertiary/aromatic N) is 2. The van der Waals surface area contributed by atoms with Crippen LogP contribution in [0.15, 0.2) is 54.0 Å². The van der Waals surface area contributed by atoms with E-state index in [1.54, 1.807) is 30.5 Å². The number of amides is 3. The minimum absolute atomic E-state index is 0.392. The molecule has 136 valence electrons. The molecule has 0 saturated carbocycles. The predicted octanol–water partition coefficient (Wildman–Crippen LogP) is 3.78. The van der Waals surface area contributed by atoms with Crippen LogP contribution in [0, 0.1) is 0 Å². The summed E-state index contributed by atoms with van der Waals surface area (Å²) < 4.78 is 11.0. The summed E-state index contributed by atoms with van der Waals surface area (Å²) in [6, 6.07) is 11.6. The van der Waals surface area contributed by atoms with Crippen LogP contribution >= 0.6 is 11.3 Å². The second-order valence-corrected chi connectivity index (χ2v) is 6.55. The van der Waals surface area contributed by atoms with Crippen molar-refractivity contribution in [2.24, 2.45) is 0 Å². The second kappa shape index (κ2) is 7.46. The van der Waals surface area contributed by atoms with E-state index in [2.05, 4.69) is 10.3 Å². The minimum Gasteiger partial charge on any atom is -0.486 e. The third-order valence-electron chi connectivity index (χ3n) is 3.92. The summed E-state index contributed by atoms with van der Waals surface area (Å²) in [6.07, 6.45) is 2.19.